The first-order valence-electron chi connectivity index (χ1n) is 6.15. The number of carbonyl (C=O) groups is 1. The first-order valence-corrected chi connectivity index (χ1v) is 7.76. The predicted octanol–water partition coefficient (Wildman–Crippen LogP) is 1.30. The molecule has 17 heavy (non-hydrogen) atoms. The Morgan fingerprint density at radius 2 is 2.06 bits per heavy atom. The number of hydrogen-bond donors (Lipinski definition) is 1. The van der Waals surface area contributed by atoms with Gasteiger partial charge in [-0.2, -0.15) is 4.31 Å². The van der Waals surface area contributed by atoms with Crippen LogP contribution in [0.15, 0.2) is 0 Å². The van der Waals surface area contributed by atoms with Crippen molar-refractivity contribution in [2.75, 3.05) is 18.8 Å². The number of carboxylic acid groups (broad SMARTS) is 1. The Morgan fingerprint density at radius 3 is 2.47 bits per heavy atom. The Bertz CT molecular complexity index is 348. The van der Waals surface area contributed by atoms with Crippen molar-refractivity contribution < 1.29 is 18.3 Å². The van der Waals surface area contributed by atoms with Gasteiger partial charge in [-0.05, 0) is 18.8 Å². The zero-order valence-electron chi connectivity index (χ0n) is 10.3. The molecule has 1 rings (SSSR count). The normalized spacial score (nSPS) is 17.1. The van der Waals surface area contributed by atoms with Gasteiger partial charge in [0.25, 0.3) is 0 Å². The van der Waals surface area contributed by atoms with Crippen molar-refractivity contribution in [3.63, 3.8) is 0 Å². The van der Waals surface area contributed by atoms with Crippen LogP contribution in [0.3, 0.4) is 0 Å². The molecule has 5 nitrogen and oxygen atoms in total. The number of nitrogens with zero attached hydrogens (tertiary/aromatic N) is 1. The van der Waals surface area contributed by atoms with Crippen molar-refractivity contribution >= 4 is 16.0 Å². The van der Waals surface area contributed by atoms with E-state index in [9.17, 15) is 13.2 Å². The van der Waals surface area contributed by atoms with E-state index in [-0.39, 0.29) is 5.75 Å². The van der Waals surface area contributed by atoms with Crippen molar-refractivity contribution in [3.05, 3.63) is 0 Å². The third-order valence-corrected chi connectivity index (χ3v) is 5.04. The Hall–Kier alpha value is -0.620. The summed E-state index contributed by atoms with van der Waals surface area (Å²) in [5.41, 5.74) is 0. The van der Waals surface area contributed by atoms with Gasteiger partial charge >= 0.3 is 5.97 Å². The van der Waals surface area contributed by atoms with E-state index < -0.39 is 22.5 Å². The minimum atomic E-state index is -3.40. The molecule has 6 heteroatoms. The smallest absolute Gasteiger partial charge is 0.318 e. The molecule has 100 valence electrons. The largest absolute Gasteiger partial charge is 0.480 e. The highest BCUT2D eigenvalue weighted by molar-refractivity contribution is 7.89. The average molecular weight is 263 g/mol. The molecule has 0 aliphatic heterocycles. The lowest BCUT2D eigenvalue weighted by Crippen LogP contribution is -2.38. The Morgan fingerprint density at radius 1 is 1.41 bits per heavy atom. The molecule has 0 saturated heterocycles. The minimum absolute atomic E-state index is 0.0882. The summed E-state index contributed by atoms with van der Waals surface area (Å²) < 4.78 is 25.0. The van der Waals surface area contributed by atoms with Crippen LogP contribution in [0, 0.1) is 5.92 Å². The van der Waals surface area contributed by atoms with E-state index in [4.69, 9.17) is 5.11 Å². The standard InChI is InChI=1S/C11H21NO4S/c1-2-7-12(9-11(13)14)17(15,16)8-6-10-4-3-5-10/h10H,2-9H2,1H3,(H,13,14). The van der Waals surface area contributed by atoms with Crippen LogP contribution in [0.25, 0.3) is 0 Å². The average Bonchev–Trinajstić information content (AvgIpc) is 2.13. The van der Waals surface area contributed by atoms with Crippen LogP contribution >= 0.6 is 0 Å². The van der Waals surface area contributed by atoms with Gasteiger partial charge in [0.2, 0.25) is 10.0 Å². The molecule has 0 spiro atoms. The maximum absolute atomic E-state index is 12.0. The summed E-state index contributed by atoms with van der Waals surface area (Å²) in [6, 6.07) is 0. The SMILES string of the molecule is CCCN(CC(=O)O)S(=O)(=O)CCC1CCC1. The molecule has 1 aliphatic carbocycles. The lowest BCUT2D eigenvalue weighted by atomic mass is 9.84. The molecule has 0 amide bonds. The van der Waals surface area contributed by atoms with Gasteiger partial charge in [0.15, 0.2) is 0 Å². The Kier molecular flexibility index (Phi) is 5.39. The van der Waals surface area contributed by atoms with Crippen molar-refractivity contribution in [2.24, 2.45) is 5.92 Å². The zero-order chi connectivity index (χ0) is 12.9. The fraction of sp³-hybridized carbons (Fsp3) is 0.909. The number of hydrogen-bond acceptors (Lipinski definition) is 3. The lowest BCUT2D eigenvalue weighted by molar-refractivity contribution is -0.137. The summed E-state index contributed by atoms with van der Waals surface area (Å²) in [5, 5.41) is 8.70. The summed E-state index contributed by atoms with van der Waals surface area (Å²) in [7, 11) is -3.40. The Labute approximate surface area is 103 Å². The van der Waals surface area contributed by atoms with Gasteiger partial charge in [-0.3, -0.25) is 4.79 Å². The Balaban J connectivity index is 2.52. The molecule has 0 aromatic heterocycles. The van der Waals surface area contributed by atoms with Crippen LogP contribution in [-0.2, 0) is 14.8 Å². The van der Waals surface area contributed by atoms with Gasteiger partial charge < -0.3 is 5.11 Å². The first kappa shape index (κ1) is 14.4. The number of carboxylic acids is 1. The summed E-state index contributed by atoms with van der Waals surface area (Å²) in [4.78, 5) is 10.6. The number of sulfonamides is 1. The molecule has 1 fully saturated rings. The summed E-state index contributed by atoms with van der Waals surface area (Å²) in [6.45, 7) is 1.72. The van der Waals surface area contributed by atoms with Crippen LogP contribution in [-0.4, -0.2) is 42.6 Å². The van der Waals surface area contributed by atoms with E-state index >= 15 is 0 Å². The maximum atomic E-state index is 12.0. The second-order valence-electron chi connectivity index (χ2n) is 4.63. The van der Waals surface area contributed by atoms with E-state index in [0.29, 0.717) is 25.3 Å². The van der Waals surface area contributed by atoms with Crippen molar-refractivity contribution in [1.29, 1.82) is 0 Å². The quantitative estimate of drug-likeness (QED) is 0.716. The van der Waals surface area contributed by atoms with Crippen LogP contribution in [0.4, 0.5) is 0 Å². The van der Waals surface area contributed by atoms with E-state index in [1.165, 1.54) is 6.42 Å². The molecule has 0 aromatic carbocycles. The molecular weight excluding hydrogens is 242 g/mol. The van der Waals surface area contributed by atoms with Gasteiger partial charge in [-0.1, -0.05) is 26.2 Å². The van der Waals surface area contributed by atoms with Gasteiger partial charge in [0.1, 0.15) is 6.54 Å². The fourth-order valence-electron chi connectivity index (χ4n) is 1.94. The summed E-state index contributed by atoms with van der Waals surface area (Å²) >= 11 is 0. The fourth-order valence-corrected chi connectivity index (χ4v) is 3.60. The predicted molar refractivity (Wildman–Crippen MR) is 65.2 cm³/mol. The van der Waals surface area contributed by atoms with E-state index in [2.05, 4.69) is 0 Å². The minimum Gasteiger partial charge on any atom is -0.480 e. The first-order chi connectivity index (χ1) is 7.95. The topological polar surface area (TPSA) is 74.7 Å². The monoisotopic (exact) mass is 263 g/mol. The van der Waals surface area contributed by atoms with E-state index in [1.54, 1.807) is 0 Å². The van der Waals surface area contributed by atoms with Crippen molar-refractivity contribution in [3.8, 4) is 0 Å². The van der Waals surface area contributed by atoms with Gasteiger partial charge in [0, 0.05) is 6.54 Å². The van der Waals surface area contributed by atoms with Crippen LogP contribution in [0.2, 0.25) is 0 Å². The molecule has 0 radical (unpaired) electrons. The molecule has 0 heterocycles. The molecule has 1 N–H and O–H groups in total. The third-order valence-electron chi connectivity index (χ3n) is 3.19. The molecule has 0 aromatic rings. The highest BCUT2D eigenvalue weighted by atomic mass is 32.2. The molecule has 0 bridgehead atoms. The van der Waals surface area contributed by atoms with E-state index in [1.807, 2.05) is 6.92 Å². The lowest BCUT2D eigenvalue weighted by Gasteiger charge is -2.26. The highest BCUT2D eigenvalue weighted by Gasteiger charge is 2.26. The number of aliphatic carboxylic acids is 1. The van der Waals surface area contributed by atoms with Crippen LogP contribution in [0.1, 0.15) is 39.0 Å². The molecule has 0 atom stereocenters. The van der Waals surface area contributed by atoms with E-state index in [0.717, 1.165) is 17.1 Å². The zero-order valence-corrected chi connectivity index (χ0v) is 11.1. The number of rotatable bonds is 8. The molecular formula is C11H21NO4S. The van der Waals surface area contributed by atoms with Crippen molar-refractivity contribution in [1.82, 2.24) is 4.31 Å². The van der Waals surface area contributed by atoms with Gasteiger partial charge in [-0.15, -0.1) is 0 Å². The van der Waals surface area contributed by atoms with Gasteiger partial charge in [0.05, 0.1) is 5.75 Å². The maximum Gasteiger partial charge on any atom is 0.318 e. The second kappa shape index (κ2) is 6.35. The summed E-state index contributed by atoms with van der Waals surface area (Å²) in [5.74, 6) is -0.478. The third kappa shape index (κ3) is 4.63. The molecule has 1 aliphatic rings. The highest BCUT2D eigenvalue weighted by Crippen LogP contribution is 2.29. The van der Waals surface area contributed by atoms with Crippen molar-refractivity contribution in [2.45, 2.75) is 39.0 Å². The molecule has 0 unspecified atom stereocenters. The van der Waals surface area contributed by atoms with Gasteiger partial charge in [-0.25, -0.2) is 8.42 Å². The molecule has 1 saturated carbocycles. The summed E-state index contributed by atoms with van der Waals surface area (Å²) in [6.07, 6.45) is 4.72. The second-order valence-corrected chi connectivity index (χ2v) is 6.72. The van der Waals surface area contributed by atoms with Crippen LogP contribution < -0.4 is 0 Å². The van der Waals surface area contributed by atoms with Crippen LogP contribution in [0.5, 0.6) is 0 Å².